The molecule has 0 aliphatic heterocycles. The van der Waals surface area contributed by atoms with Crippen molar-refractivity contribution < 1.29 is 14.3 Å². The Hall–Kier alpha value is -3.01. The maximum Gasteiger partial charge on any atom is 0.265 e. The zero-order valence-corrected chi connectivity index (χ0v) is 19.0. The van der Waals surface area contributed by atoms with Gasteiger partial charge in [0.05, 0.1) is 23.3 Å². The van der Waals surface area contributed by atoms with Crippen molar-refractivity contribution in [2.24, 2.45) is 0 Å². The lowest BCUT2D eigenvalue weighted by Crippen LogP contribution is -2.21. The van der Waals surface area contributed by atoms with Gasteiger partial charge in [0, 0.05) is 44.2 Å². The van der Waals surface area contributed by atoms with Gasteiger partial charge >= 0.3 is 0 Å². The molecule has 0 saturated heterocycles. The molecule has 0 fully saturated rings. The summed E-state index contributed by atoms with van der Waals surface area (Å²) >= 11 is 2.98. The summed E-state index contributed by atoms with van der Waals surface area (Å²) in [7, 11) is 5.26. The summed E-state index contributed by atoms with van der Waals surface area (Å²) < 4.78 is 11.2. The molecule has 1 N–H and O–H groups in total. The minimum atomic E-state index is -0.136. The number of pyridine rings is 1. The minimum absolute atomic E-state index is 0.136. The summed E-state index contributed by atoms with van der Waals surface area (Å²) in [6.07, 6.45) is 1.76. The monoisotopic (exact) mass is 454 g/mol. The molecule has 0 aliphatic rings. The fourth-order valence-corrected chi connectivity index (χ4v) is 5.03. The Balaban J connectivity index is 1.42. The molecule has 1 aromatic carbocycles. The van der Waals surface area contributed by atoms with E-state index < -0.39 is 0 Å². The van der Waals surface area contributed by atoms with E-state index in [0.717, 1.165) is 38.0 Å². The van der Waals surface area contributed by atoms with E-state index in [1.807, 2.05) is 49.5 Å². The lowest BCUT2D eigenvalue weighted by Gasteiger charge is -2.14. The number of carbonyl (C=O) groups is 1. The Morgan fingerprint density at radius 3 is 2.52 bits per heavy atom. The third-order valence-corrected chi connectivity index (χ3v) is 6.95. The number of likely N-dealkylation sites (N-methyl/N-ethyl adjacent to an activating group) is 1. The van der Waals surface area contributed by atoms with Crippen LogP contribution in [-0.4, -0.2) is 50.3 Å². The Kier molecular flexibility index (Phi) is 6.45. The smallest absolute Gasteiger partial charge is 0.265 e. The number of hydrogen-bond donors (Lipinski definition) is 1. The summed E-state index contributed by atoms with van der Waals surface area (Å²) in [5.41, 5.74) is 2.73. The first-order valence-corrected chi connectivity index (χ1v) is 11.2. The first-order chi connectivity index (χ1) is 15.1. The zero-order valence-electron chi connectivity index (χ0n) is 17.4. The number of anilines is 2. The van der Waals surface area contributed by atoms with Gasteiger partial charge in [-0.05, 0) is 29.8 Å². The quantitative estimate of drug-likeness (QED) is 0.414. The van der Waals surface area contributed by atoms with Crippen LogP contribution in [0.1, 0.15) is 9.67 Å². The Morgan fingerprint density at radius 2 is 1.87 bits per heavy atom. The molecule has 31 heavy (non-hydrogen) atoms. The van der Waals surface area contributed by atoms with Crippen molar-refractivity contribution in [2.75, 3.05) is 44.6 Å². The number of nitrogens with zero attached hydrogens (tertiary/aromatic N) is 3. The van der Waals surface area contributed by atoms with Crippen molar-refractivity contribution in [2.45, 2.75) is 0 Å². The third kappa shape index (κ3) is 4.84. The second kappa shape index (κ2) is 9.42. The fraction of sp³-hybridized carbons (Fsp3) is 0.227. The summed E-state index contributed by atoms with van der Waals surface area (Å²) in [6, 6.07) is 13.3. The van der Waals surface area contributed by atoms with Crippen LogP contribution in [0.4, 0.5) is 10.8 Å². The number of benzene rings is 1. The highest BCUT2D eigenvalue weighted by atomic mass is 32.1. The Labute approximate surface area is 188 Å². The van der Waals surface area contributed by atoms with Crippen molar-refractivity contribution in [3.63, 3.8) is 0 Å². The first kappa shape index (κ1) is 21.2. The van der Waals surface area contributed by atoms with E-state index in [1.54, 1.807) is 31.8 Å². The van der Waals surface area contributed by atoms with Gasteiger partial charge in [-0.1, -0.05) is 23.5 Å². The predicted octanol–water partition coefficient (Wildman–Crippen LogP) is 4.76. The van der Waals surface area contributed by atoms with E-state index in [2.05, 4.69) is 20.2 Å². The van der Waals surface area contributed by atoms with Crippen LogP contribution < -0.4 is 15.0 Å². The van der Waals surface area contributed by atoms with E-state index in [-0.39, 0.29) is 5.91 Å². The van der Waals surface area contributed by atoms with Crippen LogP contribution >= 0.6 is 22.7 Å². The number of nitrogens with one attached hydrogen (secondary N) is 1. The van der Waals surface area contributed by atoms with Crippen LogP contribution in [0.25, 0.3) is 20.7 Å². The molecule has 7 nitrogen and oxygen atoms in total. The molecule has 0 atom stereocenters. The Morgan fingerprint density at radius 1 is 1.10 bits per heavy atom. The van der Waals surface area contributed by atoms with E-state index in [1.165, 1.54) is 11.3 Å². The minimum Gasteiger partial charge on any atom is -0.481 e. The molecule has 160 valence electrons. The first-order valence-electron chi connectivity index (χ1n) is 9.59. The second-order valence-electron chi connectivity index (χ2n) is 6.81. The molecule has 9 heteroatoms. The van der Waals surface area contributed by atoms with Gasteiger partial charge in [-0.2, -0.15) is 0 Å². The van der Waals surface area contributed by atoms with Crippen LogP contribution in [0.3, 0.4) is 0 Å². The number of thiophene rings is 1. The number of aromatic nitrogens is 2. The lowest BCUT2D eigenvalue weighted by molar-refractivity contribution is 0.103. The van der Waals surface area contributed by atoms with E-state index in [0.29, 0.717) is 17.4 Å². The summed E-state index contributed by atoms with van der Waals surface area (Å²) in [4.78, 5) is 25.1. The molecule has 1 amide bonds. The zero-order chi connectivity index (χ0) is 21.8. The van der Waals surface area contributed by atoms with Gasteiger partial charge in [0.25, 0.3) is 5.91 Å². The highest BCUT2D eigenvalue weighted by molar-refractivity contribution is 7.29. The average Bonchev–Trinajstić information content (AvgIpc) is 3.38. The molecule has 0 saturated carbocycles. The van der Waals surface area contributed by atoms with Crippen molar-refractivity contribution in [3.05, 3.63) is 53.5 Å². The number of ether oxygens (including phenoxy) is 2. The van der Waals surface area contributed by atoms with Crippen LogP contribution in [0.15, 0.2) is 48.7 Å². The van der Waals surface area contributed by atoms with Crippen molar-refractivity contribution in [3.8, 4) is 17.0 Å². The maximum atomic E-state index is 12.7. The molecule has 4 aromatic rings. The Bertz CT molecular complexity index is 1140. The molecule has 3 heterocycles. The van der Waals surface area contributed by atoms with Gasteiger partial charge in [0.1, 0.15) is 4.83 Å². The topological polar surface area (TPSA) is 76.6 Å². The van der Waals surface area contributed by atoms with Crippen molar-refractivity contribution >= 4 is 48.9 Å². The van der Waals surface area contributed by atoms with Crippen LogP contribution in [0.2, 0.25) is 0 Å². The van der Waals surface area contributed by atoms with Crippen molar-refractivity contribution in [1.82, 2.24) is 9.97 Å². The maximum absolute atomic E-state index is 12.7. The molecular formula is C22H22N4O3S2. The molecule has 0 unspecified atom stereocenters. The predicted molar refractivity (Wildman–Crippen MR) is 127 cm³/mol. The highest BCUT2D eigenvalue weighted by Crippen LogP contribution is 2.34. The number of methoxy groups -OCH3 is 2. The molecule has 3 aromatic heterocycles. The normalized spacial score (nSPS) is 10.9. The van der Waals surface area contributed by atoms with Gasteiger partial charge in [0.2, 0.25) is 5.88 Å². The SMILES string of the molecule is COCCN(C)c1nc2sc(C(=O)Nc3ccc(-c4ccc(OC)nc4)cc3)cc2s1. The summed E-state index contributed by atoms with van der Waals surface area (Å²) in [5.74, 6) is 0.440. The number of rotatable bonds is 8. The third-order valence-electron chi connectivity index (χ3n) is 4.68. The van der Waals surface area contributed by atoms with Gasteiger partial charge in [-0.25, -0.2) is 9.97 Å². The van der Waals surface area contributed by atoms with Gasteiger partial charge in [-0.3, -0.25) is 4.79 Å². The van der Waals surface area contributed by atoms with Gasteiger partial charge in [0.15, 0.2) is 5.13 Å². The van der Waals surface area contributed by atoms with Gasteiger partial charge in [-0.15, -0.1) is 11.3 Å². The average molecular weight is 455 g/mol. The molecule has 0 aliphatic carbocycles. The molecule has 0 bridgehead atoms. The molecule has 0 radical (unpaired) electrons. The fourth-order valence-electron chi connectivity index (χ4n) is 2.93. The molecule has 4 rings (SSSR count). The second-order valence-corrected chi connectivity index (χ2v) is 8.85. The van der Waals surface area contributed by atoms with Crippen LogP contribution in [0.5, 0.6) is 5.88 Å². The number of thiazole rings is 1. The van der Waals surface area contributed by atoms with Crippen LogP contribution in [0, 0.1) is 0 Å². The summed E-state index contributed by atoms with van der Waals surface area (Å²) in [6.45, 7) is 1.42. The van der Waals surface area contributed by atoms with Crippen LogP contribution in [-0.2, 0) is 4.74 Å². The van der Waals surface area contributed by atoms with E-state index in [9.17, 15) is 4.79 Å². The number of amides is 1. The number of fused-ring (bicyclic) bond motifs is 1. The largest absolute Gasteiger partial charge is 0.481 e. The highest BCUT2D eigenvalue weighted by Gasteiger charge is 2.16. The van der Waals surface area contributed by atoms with E-state index >= 15 is 0 Å². The van der Waals surface area contributed by atoms with Crippen molar-refractivity contribution in [1.29, 1.82) is 0 Å². The summed E-state index contributed by atoms with van der Waals surface area (Å²) in [5, 5.41) is 3.88. The number of hydrogen-bond acceptors (Lipinski definition) is 8. The molecular weight excluding hydrogens is 432 g/mol. The standard InChI is InChI=1S/C22H22N4O3S2/c1-26(10-11-28-2)22-25-21-18(31-22)12-17(30-21)20(27)24-16-7-4-14(5-8-16)15-6-9-19(29-3)23-13-15/h4-9,12-13H,10-11H2,1-3H3,(H,24,27). The number of carbonyl (C=O) groups excluding carboxylic acids is 1. The van der Waals surface area contributed by atoms with Gasteiger partial charge < -0.3 is 19.7 Å². The van der Waals surface area contributed by atoms with E-state index in [4.69, 9.17) is 9.47 Å². The molecule has 0 spiro atoms. The lowest BCUT2D eigenvalue weighted by atomic mass is 10.1.